The minimum absolute atomic E-state index is 0.0205. The van der Waals surface area contributed by atoms with Crippen molar-refractivity contribution in [1.29, 1.82) is 0 Å². The zero-order chi connectivity index (χ0) is 41.2. The van der Waals surface area contributed by atoms with Crippen molar-refractivity contribution in [2.75, 3.05) is 35.4 Å². The molecule has 2 amide bonds. The molecular weight excluding hydrogens is 846 g/mol. The van der Waals surface area contributed by atoms with E-state index in [1.54, 1.807) is 0 Å². The van der Waals surface area contributed by atoms with Crippen molar-refractivity contribution in [3.8, 4) is 0 Å². The molecule has 0 radical (unpaired) electrons. The highest BCUT2D eigenvalue weighted by atomic mass is 35.5. The molecule has 27 heteroatoms. The number of halogens is 1. The molecular formula is C29H26ClN9O13S4. The summed E-state index contributed by atoms with van der Waals surface area (Å²) in [6.45, 7) is 0.0205. The van der Waals surface area contributed by atoms with Crippen LogP contribution in [-0.2, 0) is 44.9 Å². The maximum Gasteiger partial charge on any atom is 0.316 e. The summed E-state index contributed by atoms with van der Waals surface area (Å²) in [5.74, 6) is -0.384. The fourth-order valence-electron chi connectivity index (χ4n) is 4.78. The first-order valence-corrected chi connectivity index (χ1v) is 21.3. The van der Waals surface area contributed by atoms with E-state index in [9.17, 15) is 52.1 Å². The molecule has 56 heavy (non-hydrogen) atoms. The number of aromatic nitrogens is 3. The molecule has 1 heterocycles. The molecule has 1 aromatic heterocycles. The third-order valence-corrected chi connectivity index (χ3v) is 11.7. The number of hydrogen-bond acceptors (Lipinski definition) is 17. The van der Waals surface area contributed by atoms with Crippen LogP contribution in [-0.4, -0.2) is 87.8 Å². The second-order valence-electron chi connectivity index (χ2n) is 11.1. The van der Waals surface area contributed by atoms with Gasteiger partial charge in [0.2, 0.25) is 17.2 Å². The number of nitrogens with zero attached hydrogens (tertiary/aromatic N) is 5. The number of anilines is 5. The van der Waals surface area contributed by atoms with Gasteiger partial charge in [0.05, 0.1) is 27.8 Å². The number of nitrogens with two attached hydrogens (primary N) is 1. The van der Waals surface area contributed by atoms with Crippen LogP contribution in [0.4, 0.5) is 45.1 Å². The molecule has 0 spiro atoms. The summed E-state index contributed by atoms with van der Waals surface area (Å²) in [6, 6.07) is 11.0. The molecule has 8 N–H and O–H groups in total. The third-order valence-electron chi connectivity index (χ3n) is 7.23. The Labute approximate surface area is 322 Å². The van der Waals surface area contributed by atoms with Crippen LogP contribution in [0.15, 0.2) is 96.5 Å². The second kappa shape index (κ2) is 16.0. The maximum atomic E-state index is 12.4. The molecule has 0 bridgehead atoms. The van der Waals surface area contributed by atoms with Crippen LogP contribution in [0.25, 0.3) is 10.8 Å². The van der Waals surface area contributed by atoms with E-state index in [4.69, 9.17) is 22.1 Å². The predicted molar refractivity (Wildman–Crippen MR) is 199 cm³/mol. The van der Waals surface area contributed by atoms with Gasteiger partial charge in [-0.1, -0.05) is 0 Å². The summed E-state index contributed by atoms with van der Waals surface area (Å²) in [5, 5.41) is 14.5. The summed E-state index contributed by atoms with van der Waals surface area (Å²) in [7, 11) is -17.6. The maximum absolute atomic E-state index is 12.4. The van der Waals surface area contributed by atoms with E-state index in [1.165, 1.54) is 49.6 Å². The number of sulfone groups is 1. The largest absolute Gasteiger partial charge is 0.384 e. The van der Waals surface area contributed by atoms with E-state index in [0.717, 1.165) is 6.07 Å². The lowest BCUT2D eigenvalue weighted by Gasteiger charge is -2.12. The first kappa shape index (κ1) is 41.7. The molecule has 296 valence electrons. The van der Waals surface area contributed by atoms with Gasteiger partial charge in [0.1, 0.15) is 21.2 Å². The number of urea groups is 1. The van der Waals surface area contributed by atoms with Gasteiger partial charge in [-0.3, -0.25) is 13.7 Å². The Morgan fingerprint density at radius 1 is 0.732 bits per heavy atom. The van der Waals surface area contributed by atoms with Gasteiger partial charge in [-0.25, -0.2) is 13.2 Å². The first-order valence-electron chi connectivity index (χ1n) is 15.0. The van der Waals surface area contributed by atoms with Gasteiger partial charge in [-0.2, -0.15) is 40.2 Å². The number of nitrogens with one attached hydrogen (secondary N) is 3. The Kier molecular flexibility index (Phi) is 11.9. The van der Waals surface area contributed by atoms with Crippen molar-refractivity contribution in [3.05, 3.63) is 72.0 Å². The molecule has 0 saturated carbocycles. The van der Waals surface area contributed by atoms with Gasteiger partial charge >= 0.3 is 6.03 Å². The minimum Gasteiger partial charge on any atom is -0.384 e. The normalized spacial score (nSPS) is 12.5. The lowest BCUT2D eigenvalue weighted by atomic mass is 10.1. The summed E-state index contributed by atoms with van der Waals surface area (Å²) in [5.41, 5.74) is 4.86. The number of benzene rings is 4. The molecule has 0 aliphatic carbocycles. The van der Waals surface area contributed by atoms with Gasteiger partial charge in [-0.05, 0) is 83.7 Å². The van der Waals surface area contributed by atoms with Crippen molar-refractivity contribution < 1.29 is 56.9 Å². The number of rotatable bonds is 14. The van der Waals surface area contributed by atoms with Gasteiger partial charge in [-0.15, -0.1) is 10.2 Å². The number of azo groups is 1. The monoisotopic (exact) mass is 871 g/mol. The summed E-state index contributed by atoms with van der Waals surface area (Å²) >= 11 is 6.10. The highest BCUT2D eigenvalue weighted by Crippen LogP contribution is 2.37. The van der Waals surface area contributed by atoms with Gasteiger partial charge in [0.15, 0.2) is 9.84 Å². The van der Waals surface area contributed by atoms with Gasteiger partial charge in [0, 0.05) is 23.9 Å². The standard InChI is InChI=1S/C29H26ClN9O13S4/c1-52-8-9-53(41,42)18-5-2-16(3-6-18)32-28-35-26(30)36-29(37-28)33-17-4-7-21(22(12-17)34-27(31)40)38-39-23-14-20-15(11-25(23)56(49,50)51)10-19(54(43,44)45)13-24(20)55(46,47)48/h2-7,10-14H,8-9H2,1H3,(H3,31,34,40)(H,43,44,45)(H,46,47,48)(H,49,50,51)(H2,32,33,35,36,37). The lowest BCUT2D eigenvalue weighted by Crippen LogP contribution is -2.19. The van der Waals surface area contributed by atoms with Crippen LogP contribution in [0.3, 0.4) is 0 Å². The SMILES string of the molecule is COCCS(=O)(=O)c1ccc(Nc2nc(Cl)nc(Nc3ccc(N=Nc4cc5c(S(=O)(=O)O)cc(S(=O)(=O)O)cc5cc4S(=O)(=O)O)c(NC(N)=O)c3)n2)cc1. The van der Waals surface area contributed by atoms with Crippen molar-refractivity contribution in [2.24, 2.45) is 16.0 Å². The molecule has 0 aliphatic rings. The van der Waals surface area contributed by atoms with Crippen molar-refractivity contribution in [3.63, 3.8) is 0 Å². The molecule has 0 saturated heterocycles. The van der Waals surface area contributed by atoms with E-state index in [-0.39, 0.29) is 51.5 Å². The molecule has 0 atom stereocenters. The molecule has 22 nitrogen and oxygen atoms in total. The highest BCUT2D eigenvalue weighted by molar-refractivity contribution is 7.91. The Morgan fingerprint density at radius 2 is 1.32 bits per heavy atom. The Bertz CT molecular complexity index is 2860. The van der Waals surface area contributed by atoms with Gasteiger partial charge in [0.25, 0.3) is 30.4 Å². The molecule has 5 aromatic rings. The number of primary amides is 1. The summed E-state index contributed by atoms with van der Waals surface area (Å²) in [6.07, 6.45) is 0. The number of methoxy groups -OCH3 is 1. The average molecular weight is 872 g/mol. The number of amides is 2. The molecule has 0 unspecified atom stereocenters. The van der Waals surface area contributed by atoms with Crippen LogP contribution < -0.4 is 21.7 Å². The quantitative estimate of drug-likeness (QED) is 0.0606. The topological polar surface area (TPSA) is 349 Å². The summed E-state index contributed by atoms with van der Waals surface area (Å²) in [4.78, 5) is 21.1. The number of ether oxygens (including phenoxy) is 1. The zero-order valence-corrected chi connectivity index (χ0v) is 32.0. The van der Waals surface area contributed by atoms with Gasteiger partial charge < -0.3 is 26.4 Å². The highest BCUT2D eigenvalue weighted by Gasteiger charge is 2.25. The third kappa shape index (κ3) is 10.2. The second-order valence-corrected chi connectivity index (χ2v) is 17.8. The molecule has 5 rings (SSSR count). The van der Waals surface area contributed by atoms with Crippen LogP contribution in [0.2, 0.25) is 5.28 Å². The number of hydrogen-bond donors (Lipinski definition) is 7. The molecule has 4 aromatic carbocycles. The van der Waals surface area contributed by atoms with E-state index < -0.39 is 77.4 Å². The minimum atomic E-state index is -5.20. The molecule has 0 aliphatic heterocycles. The number of carbonyl (C=O) groups is 1. The number of carbonyl (C=O) groups excluding carboxylic acids is 1. The fraction of sp³-hybridized carbons (Fsp3) is 0.103. The van der Waals surface area contributed by atoms with Crippen LogP contribution in [0, 0.1) is 0 Å². The smallest absolute Gasteiger partial charge is 0.316 e. The van der Waals surface area contributed by atoms with E-state index >= 15 is 0 Å². The van der Waals surface area contributed by atoms with E-state index in [0.29, 0.717) is 23.9 Å². The number of fused-ring (bicyclic) bond motifs is 1. The lowest BCUT2D eigenvalue weighted by molar-refractivity contribution is 0.217. The Morgan fingerprint density at radius 3 is 1.89 bits per heavy atom. The fourth-order valence-corrected chi connectivity index (χ4v) is 8.10. The predicted octanol–water partition coefficient (Wildman–Crippen LogP) is 4.23. The van der Waals surface area contributed by atoms with Crippen LogP contribution >= 0.6 is 11.6 Å². The van der Waals surface area contributed by atoms with E-state index in [1.807, 2.05) is 0 Å². The van der Waals surface area contributed by atoms with Crippen LogP contribution in [0.1, 0.15) is 0 Å². The van der Waals surface area contributed by atoms with Crippen LogP contribution in [0.5, 0.6) is 0 Å². The molecule has 0 fully saturated rings. The Balaban J connectivity index is 1.48. The first-order chi connectivity index (χ1) is 26.0. The summed E-state index contributed by atoms with van der Waals surface area (Å²) < 4.78 is 131. The van der Waals surface area contributed by atoms with Crippen molar-refractivity contribution in [1.82, 2.24) is 15.0 Å². The average Bonchev–Trinajstić information content (AvgIpc) is 3.08. The van der Waals surface area contributed by atoms with Crippen molar-refractivity contribution in [2.45, 2.75) is 19.6 Å². The Hall–Kier alpha value is -5.45. The zero-order valence-electron chi connectivity index (χ0n) is 28.0. The van der Waals surface area contributed by atoms with Crippen molar-refractivity contribution >= 4 is 109 Å². The van der Waals surface area contributed by atoms with E-state index in [2.05, 4.69) is 41.1 Å².